The highest BCUT2D eigenvalue weighted by molar-refractivity contribution is 5.95. The summed E-state index contributed by atoms with van der Waals surface area (Å²) in [5, 5.41) is 0. The van der Waals surface area contributed by atoms with E-state index in [-0.39, 0.29) is 5.76 Å². The lowest BCUT2D eigenvalue weighted by Crippen LogP contribution is -2.18. The van der Waals surface area contributed by atoms with Gasteiger partial charge in [0.2, 0.25) is 0 Å². The summed E-state index contributed by atoms with van der Waals surface area (Å²) in [5.41, 5.74) is 7.36. The van der Waals surface area contributed by atoms with Gasteiger partial charge in [0.05, 0.1) is 0 Å². The minimum atomic E-state index is -0.593. The van der Waals surface area contributed by atoms with Crippen LogP contribution in [0.5, 0.6) is 5.75 Å². The summed E-state index contributed by atoms with van der Waals surface area (Å²) in [6.07, 6.45) is 1.63. The molecular formula is C16H15NO2. The van der Waals surface area contributed by atoms with Crippen molar-refractivity contribution < 1.29 is 9.53 Å². The summed E-state index contributed by atoms with van der Waals surface area (Å²) in [4.78, 5) is 11.4. The van der Waals surface area contributed by atoms with Crippen LogP contribution < -0.4 is 10.5 Å². The third kappa shape index (κ3) is 3.71. The number of primary amides is 1. The third-order valence-electron chi connectivity index (χ3n) is 2.59. The summed E-state index contributed by atoms with van der Waals surface area (Å²) in [6.45, 7) is 2.00. The molecule has 19 heavy (non-hydrogen) atoms. The Balaban J connectivity index is 2.25. The lowest BCUT2D eigenvalue weighted by atomic mass is 10.1. The zero-order valence-corrected chi connectivity index (χ0v) is 10.7. The molecule has 0 saturated carbocycles. The van der Waals surface area contributed by atoms with Crippen molar-refractivity contribution in [3.05, 3.63) is 71.5 Å². The monoisotopic (exact) mass is 253 g/mol. The van der Waals surface area contributed by atoms with Crippen LogP contribution in [0.4, 0.5) is 0 Å². The molecule has 0 aliphatic heterocycles. The first-order valence-electron chi connectivity index (χ1n) is 5.96. The van der Waals surface area contributed by atoms with Gasteiger partial charge in [0.1, 0.15) is 5.75 Å². The summed E-state index contributed by atoms with van der Waals surface area (Å²) >= 11 is 0. The van der Waals surface area contributed by atoms with Crippen LogP contribution in [0, 0.1) is 6.92 Å². The number of amides is 1. The van der Waals surface area contributed by atoms with Crippen LogP contribution in [-0.2, 0) is 4.79 Å². The van der Waals surface area contributed by atoms with Crippen molar-refractivity contribution in [1.29, 1.82) is 0 Å². The molecule has 0 atom stereocenters. The van der Waals surface area contributed by atoms with Crippen molar-refractivity contribution >= 4 is 12.0 Å². The largest absolute Gasteiger partial charge is 0.452 e. The van der Waals surface area contributed by atoms with Gasteiger partial charge in [-0.05, 0) is 30.7 Å². The van der Waals surface area contributed by atoms with Gasteiger partial charge < -0.3 is 10.5 Å². The molecule has 2 rings (SSSR count). The molecule has 0 saturated heterocycles. The maximum atomic E-state index is 11.4. The first-order chi connectivity index (χ1) is 9.15. The van der Waals surface area contributed by atoms with Gasteiger partial charge >= 0.3 is 0 Å². The van der Waals surface area contributed by atoms with Gasteiger partial charge in [0, 0.05) is 0 Å². The Morgan fingerprint density at radius 3 is 2.26 bits per heavy atom. The van der Waals surface area contributed by atoms with Crippen LogP contribution >= 0.6 is 0 Å². The van der Waals surface area contributed by atoms with Gasteiger partial charge in [-0.25, -0.2) is 0 Å². The van der Waals surface area contributed by atoms with Crippen molar-refractivity contribution in [2.24, 2.45) is 5.73 Å². The Labute approximate surface area is 112 Å². The standard InChI is InChI=1S/C16H15NO2/c1-12-7-9-13(10-8-12)11-15(16(17)18)19-14-5-3-2-4-6-14/h2-11H,1H3,(H2,17,18)/b15-11-. The molecule has 3 nitrogen and oxygen atoms in total. The fourth-order valence-corrected chi connectivity index (χ4v) is 1.58. The Morgan fingerprint density at radius 2 is 1.68 bits per heavy atom. The van der Waals surface area contributed by atoms with Gasteiger partial charge in [0.15, 0.2) is 5.76 Å². The third-order valence-corrected chi connectivity index (χ3v) is 2.59. The quantitative estimate of drug-likeness (QED) is 0.672. The van der Waals surface area contributed by atoms with Gasteiger partial charge in [0.25, 0.3) is 5.91 Å². The van der Waals surface area contributed by atoms with E-state index in [1.165, 1.54) is 0 Å². The molecule has 0 radical (unpaired) electrons. The topological polar surface area (TPSA) is 52.3 Å². The maximum absolute atomic E-state index is 11.4. The lowest BCUT2D eigenvalue weighted by molar-refractivity contribution is -0.116. The van der Waals surface area contributed by atoms with E-state index in [0.717, 1.165) is 11.1 Å². The molecule has 96 valence electrons. The number of carbonyl (C=O) groups is 1. The number of benzene rings is 2. The number of hydrogen-bond acceptors (Lipinski definition) is 2. The number of carbonyl (C=O) groups excluding carboxylic acids is 1. The summed E-state index contributed by atoms with van der Waals surface area (Å²) < 4.78 is 5.50. The maximum Gasteiger partial charge on any atom is 0.284 e. The first kappa shape index (κ1) is 12.9. The van der Waals surface area contributed by atoms with E-state index in [2.05, 4.69) is 0 Å². The number of rotatable bonds is 4. The number of para-hydroxylation sites is 1. The first-order valence-corrected chi connectivity index (χ1v) is 5.96. The molecule has 0 bridgehead atoms. The molecule has 2 aromatic rings. The van der Waals surface area contributed by atoms with Crippen molar-refractivity contribution in [3.8, 4) is 5.75 Å². The Hall–Kier alpha value is -2.55. The number of ether oxygens (including phenoxy) is 1. The summed E-state index contributed by atoms with van der Waals surface area (Å²) in [5.74, 6) is 0.110. The predicted octanol–water partition coefficient (Wildman–Crippen LogP) is 2.90. The van der Waals surface area contributed by atoms with E-state index >= 15 is 0 Å². The molecule has 1 amide bonds. The molecule has 2 aromatic carbocycles. The number of nitrogens with two attached hydrogens (primary N) is 1. The predicted molar refractivity (Wildman–Crippen MR) is 75.4 cm³/mol. The highest BCUT2D eigenvalue weighted by Gasteiger charge is 2.07. The van der Waals surface area contributed by atoms with Gasteiger partial charge in [-0.1, -0.05) is 48.0 Å². The van der Waals surface area contributed by atoms with E-state index in [1.807, 2.05) is 49.4 Å². The second-order valence-electron chi connectivity index (χ2n) is 4.20. The zero-order chi connectivity index (χ0) is 13.7. The van der Waals surface area contributed by atoms with E-state index < -0.39 is 5.91 Å². The van der Waals surface area contributed by atoms with Crippen molar-refractivity contribution in [1.82, 2.24) is 0 Å². The number of aryl methyl sites for hydroxylation is 1. The van der Waals surface area contributed by atoms with E-state index in [0.29, 0.717) is 5.75 Å². The van der Waals surface area contributed by atoms with Crippen LogP contribution in [0.25, 0.3) is 6.08 Å². The molecule has 0 heterocycles. The Bertz CT molecular complexity index is 586. The van der Waals surface area contributed by atoms with Crippen molar-refractivity contribution in [3.63, 3.8) is 0 Å². The Kier molecular flexibility index (Phi) is 3.98. The van der Waals surface area contributed by atoms with Crippen LogP contribution in [0.3, 0.4) is 0 Å². The second-order valence-corrected chi connectivity index (χ2v) is 4.20. The van der Waals surface area contributed by atoms with Gasteiger partial charge in [-0.15, -0.1) is 0 Å². The van der Waals surface area contributed by atoms with Gasteiger partial charge in [-0.3, -0.25) is 4.79 Å². The molecular weight excluding hydrogens is 238 g/mol. The molecule has 0 fully saturated rings. The van der Waals surface area contributed by atoms with Crippen LogP contribution in [-0.4, -0.2) is 5.91 Å². The van der Waals surface area contributed by atoms with E-state index in [1.54, 1.807) is 18.2 Å². The van der Waals surface area contributed by atoms with Crippen molar-refractivity contribution in [2.45, 2.75) is 6.92 Å². The highest BCUT2D eigenvalue weighted by atomic mass is 16.5. The zero-order valence-electron chi connectivity index (χ0n) is 10.7. The second kappa shape index (κ2) is 5.87. The highest BCUT2D eigenvalue weighted by Crippen LogP contribution is 2.15. The fourth-order valence-electron chi connectivity index (χ4n) is 1.58. The minimum absolute atomic E-state index is 0.120. The molecule has 0 unspecified atom stereocenters. The van der Waals surface area contributed by atoms with Gasteiger partial charge in [-0.2, -0.15) is 0 Å². The van der Waals surface area contributed by atoms with Crippen LogP contribution in [0.2, 0.25) is 0 Å². The summed E-state index contributed by atoms with van der Waals surface area (Å²) in [6, 6.07) is 16.8. The fraction of sp³-hybridized carbons (Fsp3) is 0.0625. The molecule has 0 aliphatic rings. The summed E-state index contributed by atoms with van der Waals surface area (Å²) in [7, 11) is 0. The minimum Gasteiger partial charge on any atom is -0.452 e. The molecule has 3 heteroatoms. The SMILES string of the molecule is Cc1ccc(/C=C(\Oc2ccccc2)C(N)=O)cc1. The molecule has 0 spiro atoms. The smallest absolute Gasteiger partial charge is 0.284 e. The Morgan fingerprint density at radius 1 is 1.05 bits per heavy atom. The van der Waals surface area contributed by atoms with Crippen LogP contribution in [0.1, 0.15) is 11.1 Å². The van der Waals surface area contributed by atoms with Crippen molar-refractivity contribution in [2.75, 3.05) is 0 Å². The average molecular weight is 253 g/mol. The normalized spacial score (nSPS) is 11.1. The van der Waals surface area contributed by atoms with Crippen LogP contribution in [0.15, 0.2) is 60.4 Å². The van der Waals surface area contributed by atoms with E-state index in [9.17, 15) is 4.79 Å². The van der Waals surface area contributed by atoms with E-state index in [4.69, 9.17) is 10.5 Å². The molecule has 0 aromatic heterocycles. The average Bonchev–Trinajstić information content (AvgIpc) is 2.41. The lowest BCUT2D eigenvalue weighted by Gasteiger charge is -2.07. The molecule has 0 aliphatic carbocycles. The number of hydrogen-bond donors (Lipinski definition) is 1. The molecule has 2 N–H and O–H groups in total.